The summed E-state index contributed by atoms with van der Waals surface area (Å²) >= 11 is 0. The molecule has 0 aliphatic carbocycles. The largest absolute Gasteiger partial charge is 0.396 e. The second-order valence-electron chi connectivity index (χ2n) is 2.98. The maximum absolute atomic E-state index is 12.2. The molecule has 0 radical (unpaired) electrons. The Morgan fingerprint density at radius 3 is 2.80 bits per heavy atom. The summed E-state index contributed by atoms with van der Waals surface area (Å²) in [5, 5.41) is 8.75. The van der Waals surface area contributed by atoms with Gasteiger partial charge in [-0.25, -0.2) is 13.8 Å². The van der Waals surface area contributed by atoms with Gasteiger partial charge in [0.25, 0.3) is 6.43 Å². The van der Waals surface area contributed by atoms with Crippen molar-refractivity contribution < 1.29 is 13.9 Å². The number of nitrogens with zero attached hydrogens (tertiary/aromatic N) is 2. The monoisotopic (exact) mass is 217 g/mol. The Balaban J connectivity index is 2.83. The smallest absolute Gasteiger partial charge is 0.255 e. The lowest BCUT2D eigenvalue weighted by Gasteiger charge is -2.23. The molecule has 1 rings (SSSR count). The zero-order valence-corrected chi connectivity index (χ0v) is 8.11. The fourth-order valence-corrected chi connectivity index (χ4v) is 1.24. The van der Waals surface area contributed by atoms with E-state index in [1.807, 2.05) is 0 Å². The molecule has 0 aromatic carbocycles. The maximum atomic E-state index is 12.2. The summed E-state index contributed by atoms with van der Waals surface area (Å²) < 4.78 is 24.5. The van der Waals surface area contributed by atoms with Gasteiger partial charge in [0.05, 0.1) is 18.8 Å². The second-order valence-corrected chi connectivity index (χ2v) is 2.98. The second kappa shape index (κ2) is 5.45. The van der Waals surface area contributed by atoms with Crippen LogP contribution in [0.4, 0.5) is 20.3 Å². The van der Waals surface area contributed by atoms with E-state index in [9.17, 15) is 8.78 Å². The van der Waals surface area contributed by atoms with E-state index >= 15 is 0 Å². The Kier molecular flexibility index (Phi) is 4.23. The molecule has 6 heteroatoms. The van der Waals surface area contributed by atoms with Gasteiger partial charge in [0, 0.05) is 12.7 Å². The Morgan fingerprint density at radius 2 is 2.27 bits per heavy atom. The molecule has 4 nitrogen and oxygen atoms in total. The van der Waals surface area contributed by atoms with Crippen LogP contribution in [0.2, 0.25) is 0 Å². The number of aliphatic hydroxyl groups excluding tert-OH is 1. The van der Waals surface area contributed by atoms with E-state index in [1.54, 1.807) is 12.1 Å². The molecule has 1 aromatic heterocycles. The van der Waals surface area contributed by atoms with E-state index in [-0.39, 0.29) is 19.0 Å². The molecule has 0 saturated heterocycles. The molecule has 0 amide bonds. The van der Waals surface area contributed by atoms with Crippen molar-refractivity contribution in [1.82, 2.24) is 4.98 Å². The van der Waals surface area contributed by atoms with Crippen LogP contribution in [0.25, 0.3) is 0 Å². The van der Waals surface area contributed by atoms with Crippen LogP contribution in [0.1, 0.15) is 0 Å². The molecule has 0 unspecified atom stereocenters. The number of pyridine rings is 1. The normalized spacial score (nSPS) is 10.7. The van der Waals surface area contributed by atoms with Gasteiger partial charge in [0.15, 0.2) is 5.82 Å². The van der Waals surface area contributed by atoms with Gasteiger partial charge >= 0.3 is 0 Å². The van der Waals surface area contributed by atoms with Crippen LogP contribution in [0.5, 0.6) is 0 Å². The molecule has 0 aliphatic heterocycles. The standard InChI is InChI=1S/C9H13F2N3O/c10-8(11)6-14(4-5-15)9-7(12)2-1-3-13-9/h1-3,8,15H,4-6,12H2. The Hall–Kier alpha value is -1.43. The fraction of sp³-hybridized carbons (Fsp3) is 0.444. The van der Waals surface area contributed by atoms with Gasteiger partial charge in [-0.1, -0.05) is 0 Å². The first-order valence-corrected chi connectivity index (χ1v) is 4.49. The van der Waals surface area contributed by atoms with Gasteiger partial charge < -0.3 is 15.7 Å². The zero-order chi connectivity index (χ0) is 11.3. The van der Waals surface area contributed by atoms with E-state index < -0.39 is 13.0 Å². The van der Waals surface area contributed by atoms with Crippen molar-refractivity contribution in [2.45, 2.75) is 6.43 Å². The molecule has 1 heterocycles. The van der Waals surface area contributed by atoms with Crippen LogP contribution < -0.4 is 10.6 Å². The summed E-state index contributed by atoms with van der Waals surface area (Å²) in [6.45, 7) is -0.615. The first-order chi connectivity index (χ1) is 7.15. The highest BCUT2D eigenvalue weighted by molar-refractivity contribution is 5.62. The third-order valence-electron chi connectivity index (χ3n) is 1.84. The highest BCUT2D eigenvalue weighted by atomic mass is 19.3. The van der Waals surface area contributed by atoms with Gasteiger partial charge in [-0.15, -0.1) is 0 Å². The fourth-order valence-electron chi connectivity index (χ4n) is 1.24. The maximum Gasteiger partial charge on any atom is 0.255 e. The van der Waals surface area contributed by atoms with E-state index in [2.05, 4.69) is 4.98 Å². The Bertz CT molecular complexity index is 309. The first-order valence-electron chi connectivity index (χ1n) is 4.49. The van der Waals surface area contributed by atoms with Gasteiger partial charge in [-0.2, -0.15) is 0 Å². The van der Waals surface area contributed by atoms with Crippen molar-refractivity contribution in [2.75, 3.05) is 30.3 Å². The predicted molar refractivity (Wildman–Crippen MR) is 54.0 cm³/mol. The molecule has 3 N–H and O–H groups in total. The lowest BCUT2D eigenvalue weighted by molar-refractivity contribution is 0.152. The van der Waals surface area contributed by atoms with Crippen LogP contribution in [-0.4, -0.2) is 36.2 Å². The van der Waals surface area contributed by atoms with E-state index in [1.165, 1.54) is 11.1 Å². The minimum atomic E-state index is -2.49. The Morgan fingerprint density at radius 1 is 1.53 bits per heavy atom. The number of nitrogen functional groups attached to an aromatic ring is 1. The summed E-state index contributed by atoms with van der Waals surface area (Å²) in [6, 6.07) is 3.20. The summed E-state index contributed by atoms with van der Waals surface area (Å²) in [6.07, 6.45) is -1.01. The number of hydrogen-bond donors (Lipinski definition) is 2. The molecule has 0 atom stereocenters. The SMILES string of the molecule is Nc1cccnc1N(CCO)CC(F)F. The van der Waals surface area contributed by atoms with Crippen molar-refractivity contribution in [1.29, 1.82) is 0 Å². The summed E-state index contributed by atoms with van der Waals surface area (Å²) in [7, 11) is 0. The van der Waals surface area contributed by atoms with Crippen LogP contribution in [0.3, 0.4) is 0 Å². The summed E-state index contributed by atoms with van der Waals surface area (Å²) in [5.74, 6) is 0.284. The minimum Gasteiger partial charge on any atom is -0.396 e. The van der Waals surface area contributed by atoms with Crippen molar-refractivity contribution in [3.05, 3.63) is 18.3 Å². The third-order valence-corrected chi connectivity index (χ3v) is 1.84. The van der Waals surface area contributed by atoms with Crippen LogP contribution in [0.15, 0.2) is 18.3 Å². The van der Waals surface area contributed by atoms with Gasteiger partial charge in [0.1, 0.15) is 0 Å². The zero-order valence-electron chi connectivity index (χ0n) is 8.11. The molecule has 0 fully saturated rings. The number of nitrogens with two attached hydrogens (primary N) is 1. The number of anilines is 2. The topological polar surface area (TPSA) is 62.4 Å². The van der Waals surface area contributed by atoms with E-state index in [4.69, 9.17) is 10.8 Å². The average Bonchev–Trinajstić information content (AvgIpc) is 2.17. The number of alkyl halides is 2. The quantitative estimate of drug-likeness (QED) is 0.763. The molecule has 0 aliphatic rings. The van der Waals surface area contributed by atoms with Crippen LogP contribution >= 0.6 is 0 Å². The van der Waals surface area contributed by atoms with Crippen molar-refractivity contribution in [2.24, 2.45) is 0 Å². The molecule has 84 valence electrons. The number of hydrogen-bond acceptors (Lipinski definition) is 4. The minimum absolute atomic E-state index is 0.0888. The number of aromatic nitrogens is 1. The predicted octanol–water partition coefficient (Wildman–Crippen LogP) is 0.728. The lowest BCUT2D eigenvalue weighted by Crippen LogP contribution is -2.32. The summed E-state index contributed by atoms with van der Waals surface area (Å²) in [4.78, 5) is 5.17. The number of aliphatic hydroxyl groups is 1. The highest BCUT2D eigenvalue weighted by Crippen LogP contribution is 2.19. The van der Waals surface area contributed by atoms with Crippen molar-refractivity contribution in [3.63, 3.8) is 0 Å². The van der Waals surface area contributed by atoms with Crippen LogP contribution in [-0.2, 0) is 0 Å². The van der Waals surface area contributed by atoms with Gasteiger partial charge in [-0.05, 0) is 12.1 Å². The average molecular weight is 217 g/mol. The molecule has 1 aromatic rings. The Labute approximate surface area is 86.3 Å². The summed E-state index contributed by atoms with van der Waals surface area (Å²) in [5.41, 5.74) is 5.92. The molecule has 0 bridgehead atoms. The van der Waals surface area contributed by atoms with Crippen LogP contribution in [0, 0.1) is 0 Å². The van der Waals surface area contributed by atoms with Crippen molar-refractivity contribution in [3.8, 4) is 0 Å². The van der Waals surface area contributed by atoms with Gasteiger partial charge in [-0.3, -0.25) is 0 Å². The number of halogens is 2. The van der Waals surface area contributed by atoms with Crippen molar-refractivity contribution >= 4 is 11.5 Å². The lowest BCUT2D eigenvalue weighted by atomic mass is 10.3. The highest BCUT2D eigenvalue weighted by Gasteiger charge is 2.15. The van der Waals surface area contributed by atoms with E-state index in [0.717, 1.165) is 0 Å². The molecule has 0 saturated carbocycles. The molecular formula is C9H13F2N3O. The molecular weight excluding hydrogens is 204 g/mol. The molecule has 0 spiro atoms. The van der Waals surface area contributed by atoms with Gasteiger partial charge in [0.2, 0.25) is 0 Å². The third kappa shape index (κ3) is 3.32. The number of rotatable bonds is 5. The molecule has 15 heavy (non-hydrogen) atoms. The first kappa shape index (κ1) is 11.6. The van der Waals surface area contributed by atoms with E-state index in [0.29, 0.717) is 5.69 Å².